The molecule has 0 aliphatic rings. The summed E-state index contributed by atoms with van der Waals surface area (Å²) in [6.07, 6.45) is 0.969. The Morgan fingerprint density at radius 2 is 1.54 bits per heavy atom. The van der Waals surface area contributed by atoms with Crippen molar-refractivity contribution in [2.24, 2.45) is 0 Å². The number of benzene rings is 3. The molecular weight excluding hydrogens is 628 g/mol. The molecule has 12 heteroatoms. The van der Waals surface area contributed by atoms with Crippen molar-refractivity contribution >= 4 is 73.9 Å². The molecule has 0 aromatic heterocycles. The molecule has 41 heavy (non-hydrogen) atoms. The van der Waals surface area contributed by atoms with Crippen molar-refractivity contribution in [3.63, 3.8) is 0 Å². The van der Waals surface area contributed by atoms with Crippen LogP contribution in [-0.2, 0) is 26.2 Å². The average Bonchev–Trinajstić information content (AvgIpc) is 2.94. The van der Waals surface area contributed by atoms with E-state index in [2.05, 4.69) is 5.32 Å². The number of nitrogens with zero attached hydrogens (tertiary/aromatic N) is 2. The van der Waals surface area contributed by atoms with Gasteiger partial charge in [-0.3, -0.25) is 13.9 Å². The molecule has 0 fully saturated rings. The lowest BCUT2D eigenvalue weighted by Gasteiger charge is -2.34. The summed E-state index contributed by atoms with van der Waals surface area (Å²) in [5, 5.41) is 4.00. The quantitative estimate of drug-likeness (QED) is 0.223. The van der Waals surface area contributed by atoms with Crippen LogP contribution in [0.15, 0.2) is 71.6 Å². The van der Waals surface area contributed by atoms with Crippen molar-refractivity contribution in [3.8, 4) is 0 Å². The van der Waals surface area contributed by atoms with Gasteiger partial charge in [0.25, 0.3) is 10.0 Å². The molecule has 0 bridgehead atoms. The number of amides is 2. The Kier molecular flexibility index (Phi) is 11.8. The number of halogens is 4. The molecule has 3 aromatic rings. The summed E-state index contributed by atoms with van der Waals surface area (Å²) >= 11 is 24.9. The molecule has 2 amide bonds. The number of sulfonamides is 1. The number of rotatable bonds is 12. The average molecular weight is 659 g/mol. The summed E-state index contributed by atoms with van der Waals surface area (Å²) < 4.78 is 28.7. The van der Waals surface area contributed by atoms with Crippen LogP contribution in [0.1, 0.15) is 39.2 Å². The molecule has 0 radical (unpaired) electrons. The van der Waals surface area contributed by atoms with E-state index in [0.29, 0.717) is 22.0 Å². The lowest BCUT2D eigenvalue weighted by Crippen LogP contribution is -2.53. The molecule has 220 valence electrons. The molecular formula is C29H31Cl4N3O4S. The third-order valence-corrected chi connectivity index (χ3v) is 9.66. The van der Waals surface area contributed by atoms with Gasteiger partial charge < -0.3 is 10.2 Å². The van der Waals surface area contributed by atoms with Crippen molar-refractivity contribution in [3.05, 3.63) is 92.4 Å². The van der Waals surface area contributed by atoms with Crippen molar-refractivity contribution < 1.29 is 18.0 Å². The van der Waals surface area contributed by atoms with Gasteiger partial charge in [-0.05, 0) is 67.8 Å². The highest BCUT2D eigenvalue weighted by Crippen LogP contribution is 2.31. The van der Waals surface area contributed by atoms with Gasteiger partial charge in [-0.2, -0.15) is 0 Å². The van der Waals surface area contributed by atoms with Gasteiger partial charge in [-0.25, -0.2) is 8.42 Å². The smallest absolute Gasteiger partial charge is 0.264 e. The van der Waals surface area contributed by atoms with Crippen LogP contribution in [0.5, 0.6) is 0 Å². The number of carbonyl (C=O) groups is 2. The third kappa shape index (κ3) is 8.30. The van der Waals surface area contributed by atoms with E-state index < -0.39 is 28.5 Å². The molecule has 0 spiro atoms. The Hall–Kier alpha value is -2.49. The Labute approximate surface area is 261 Å². The van der Waals surface area contributed by atoms with E-state index in [-0.39, 0.29) is 45.5 Å². The number of anilines is 1. The Bertz CT molecular complexity index is 1490. The van der Waals surface area contributed by atoms with Crippen molar-refractivity contribution in [2.75, 3.05) is 10.8 Å². The molecule has 0 saturated carbocycles. The largest absolute Gasteiger partial charge is 0.352 e. The van der Waals surface area contributed by atoms with Gasteiger partial charge >= 0.3 is 0 Å². The van der Waals surface area contributed by atoms with E-state index in [4.69, 9.17) is 46.4 Å². The van der Waals surface area contributed by atoms with Crippen LogP contribution < -0.4 is 9.62 Å². The maximum atomic E-state index is 14.1. The molecule has 7 nitrogen and oxygen atoms in total. The SMILES string of the molecule is CC[C@H](C)NC(=O)[C@H](CC)N(Cc1ccc(Cl)cc1Cl)C(=O)CN(c1ccc(Cl)c(Cl)c1)S(=O)(=O)c1ccccc1. The van der Waals surface area contributed by atoms with Gasteiger partial charge in [-0.15, -0.1) is 0 Å². The highest BCUT2D eigenvalue weighted by Gasteiger charge is 2.34. The fraction of sp³-hybridized carbons (Fsp3) is 0.310. The predicted molar refractivity (Wildman–Crippen MR) is 166 cm³/mol. The molecule has 3 aromatic carbocycles. The Morgan fingerprint density at radius 3 is 2.12 bits per heavy atom. The third-order valence-electron chi connectivity index (χ3n) is 6.54. The van der Waals surface area contributed by atoms with Gasteiger partial charge in [0.15, 0.2) is 0 Å². The number of nitrogens with one attached hydrogen (secondary N) is 1. The van der Waals surface area contributed by atoms with E-state index in [1.807, 2.05) is 13.8 Å². The van der Waals surface area contributed by atoms with Gasteiger partial charge in [0.2, 0.25) is 11.8 Å². The van der Waals surface area contributed by atoms with E-state index in [1.165, 1.54) is 35.2 Å². The van der Waals surface area contributed by atoms with Crippen LogP contribution in [-0.4, -0.2) is 43.8 Å². The van der Waals surface area contributed by atoms with E-state index in [9.17, 15) is 18.0 Å². The number of hydrogen-bond donors (Lipinski definition) is 1. The van der Waals surface area contributed by atoms with E-state index >= 15 is 0 Å². The summed E-state index contributed by atoms with van der Waals surface area (Å²) in [6.45, 7) is 4.91. The predicted octanol–water partition coefficient (Wildman–Crippen LogP) is 7.22. The lowest BCUT2D eigenvalue weighted by atomic mass is 10.1. The zero-order valence-corrected chi connectivity index (χ0v) is 26.6. The van der Waals surface area contributed by atoms with Crippen LogP contribution in [0.4, 0.5) is 5.69 Å². The van der Waals surface area contributed by atoms with Crippen molar-refractivity contribution in [1.82, 2.24) is 10.2 Å². The van der Waals surface area contributed by atoms with Gasteiger partial charge in [0.05, 0.1) is 20.6 Å². The molecule has 1 N–H and O–H groups in total. The first-order valence-electron chi connectivity index (χ1n) is 13.0. The van der Waals surface area contributed by atoms with Crippen molar-refractivity contribution in [2.45, 2.75) is 57.1 Å². The fourth-order valence-corrected chi connectivity index (χ4v) is 6.27. The molecule has 0 unspecified atom stereocenters. The first-order chi connectivity index (χ1) is 19.4. The Morgan fingerprint density at radius 1 is 0.854 bits per heavy atom. The molecule has 3 rings (SSSR count). The van der Waals surface area contributed by atoms with E-state index in [1.54, 1.807) is 43.3 Å². The maximum absolute atomic E-state index is 14.1. The molecule has 0 aliphatic carbocycles. The summed E-state index contributed by atoms with van der Waals surface area (Å²) in [7, 11) is -4.23. The molecule has 0 aliphatic heterocycles. The Balaban J connectivity index is 2.10. The highest BCUT2D eigenvalue weighted by molar-refractivity contribution is 7.92. The number of hydrogen-bond acceptors (Lipinski definition) is 4. The zero-order valence-electron chi connectivity index (χ0n) is 22.8. The van der Waals surface area contributed by atoms with Crippen LogP contribution in [0.2, 0.25) is 20.1 Å². The molecule has 2 atom stereocenters. The van der Waals surface area contributed by atoms with Gasteiger partial charge in [0, 0.05) is 22.6 Å². The summed E-state index contributed by atoms with van der Waals surface area (Å²) in [5.74, 6) is -0.972. The van der Waals surface area contributed by atoms with E-state index in [0.717, 1.165) is 4.31 Å². The topological polar surface area (TPSA) is 86.8 Å². The minimum absolute atomic E-state index is 0.0206. The van der Waals surface area contributed by atoms with Crippen LogP contribution in [0.25, 0.3) is 0 Å². The minimum atomic E-state index is -4.23. The molecule has 0 saturated heterocycles. The summed E-state index contributed by atoms with van der Waals surface area (Å²) in [4.78, 5) is 28.8. The monoisotopic (exact) mass is 657 g/mol. The normalized spacial score (nSPS) is 12.9. The summed E-state index contributed by atoms with van der Waals surface area (Å²) in [6, 6.07) is 15.8. The van der Waals surface area contributed by atoms with Crippen LogP contribution in [0.3, 0.4) is 0 Å². The first-order valence-corrected chi connectivity index (χ1v) is 15.9. The van der Waals surface area contributed by atoms with Crippen LogP contribution in [0, 0.1) is 0 Å². The van der Waals surface area contributed by atoms with Crippen LogP contribution >= 0.6 is 46.4 Å². The highest BCUT2D eigenvalue weighted by atomic mass is 35.5. The van der Waals surface area contributed by atoms with Gasteiger partial charge in [0.1, 0.15) is 12.6 Å². The summed E-state index contributed by atoms with van der Waals surface area (Å²) in [5.41, 5.74) is 0.685. The fourth-order valence-electron chi connectivity index (χ4n) is 4.08. The first kappa shape index (κ1) is 33.0. The van der Waals surface area contributed by atoms with Gasteiger partial charge in [-0.1, -0.05) is 84.5 Å². The second-order valence-corrected chi connectivity index (χ2v) is 12.9. The molecule has 0 heterocycles. The second kappa shape index (κ2) is 14.6. The minimum Gasteiger partial charge on any atom is -0.352 e. The zero-order chi connectivity index (χ0) is 30.3. The second-order valence-electron chi connectivity index (χ2n) is 9.42. The maximum Gasteiger partial charge on any atom is 0.264 e. The lowest BCUT2D eigenvalue weighted by molar-refractivity contribution is -0.140. The number of carbonyl (C=O) groups excluding carboxylic acids is 2. The van der Waals surface area contributed by atoms with Crippen molar-refractivity contribution in [1.29, 1.82) is 0 Å². The standard InChI is InChI=1S/C29H31Cl4N3O4S/c1-4-19(3)34-29(38)27(5-2)35(17-20-11-12-21(30)15-25(20)32)28(37)18-36(22-13-14-24(31)26(33)16-22)41(39,40)23-9-7-6-8-10-23/h6-16,19,27H,4-5,17-18H2,1-3H3,(H,34,38)/t19-,27-/m0/s1.